The van der Waals surface area contributed by atoms with Gasteiger partial charge in [0, 0.05) is 18.4 Å². The van der Waals surface area contributed by atoms with Crippen LogP contribution >= 0.6 is 0 Å². The lowest BCUT2D eigenvalue weighted by Gasteiger charge is -2.11. The average Bonchev–Trinajstić information content (AvgIpc) is 3.29. The second-order valence-electron chi connectivity index (χ2n) is 7.16. The van der Waals surface area contributed by atoms with Crippen molar-refractivity contribution in [2.45, 2.75) is 39.7 Å². The van der Waals surface area contributed by atoms with Crippen LogP contribution in [-0.4, -0.2) is 43.7 Å². The molecule has 0 unspecified atom stereocenters. The molecule has 0 aliphatic heterocycles. The Labute approximate surface area is 188 Å². The van der Waals surface area contributed by atoms with E-state index in [1.54, 1.807) is 16.9 Å². The second-order valence-corrected chi connectivity index (χ2v) is 7.16. The molecule has 7 heteroatoms. The Kier molecular flexibility index (Phi) is 8.30. The number of aliphatic hydroxyl groups is 2. The van der Waals surface area contributed by atoms with Crippen LogP contribution in [0.2, 0.25) is 0 Å². The van der Waals surface area contributed by atoms with Crippen molar-refractivity contribution in [2.75, 3.05) is 13.7 Å². The first-order valence-corrected chi connectivity index (χ1v) is 10.9. The molecule has 1 aromatic carbocycles. The highest BCUT2D eigenvalue weighted by molar-refractivity contribution is 5.90. The molecular weight excluding hydrogens is 404 g/mol. The normalized spacial score (nSPS) is 10.7. The van der Waals surface area contributed by atoms with Crippen LogP contribution in [0.4, 0.5) is 0 Å². The number of aromatic nitrogens is 4. The van der Waals surface area contributed by atoms with Crippen LogP contribution in [0.5, 0.6) is 5.75 Å². The van der Waals surface area contributed by atoms with Gasteiger partial charge in [0.05, 0.1) is 41.7 Å². The maximum Gasteiger partial charge on any atom is 0.154 e. The summed E-state index contributed by atoms with van der Waals surface area (Å²) in [4.78, 5) is 9.37. The quantitative estimate of drug-likeness (QED) is 0.429. The van der Waals surface area contributed by atoms with E-state index in [4.69, 9.17) is 14.8 Å². The summed E-state index contributed by atoms with van der Waals surface area (Å²) in [6.45, 7) is 4.61. The Morgan fingerprint density at radius 1 is 0.969 bits per heavy atom. The fourth-order valence-corrected chi connectivity index (χ4v) is 3.51. The summed E-state index contributed by atoms with van der Waals surface area (Å²) in [6.07, 6.45) is 5.04. The molecule has 0 aliphatic rings. The number of ether oxygens (including phenoxy) is 1. The Hall–Kier alpha value is -3.29. The van der Waals surface area contributed by atoms with E-state index in [2.05, 4.69) is 35.2 Å². The molecule has 0 fully saturated rings. The summed E-state index contributed by atoms with van der Waals surface area (Å²) < 4.78 is 7.71. The fraction of sp³-hybridized carbons (Fsp3) is 0.320. The fourth-order valence-electron chi connectivity index (χ4n) is 3.51. The molecule has 168 valence electrons. The first kappa shape index (κ1) is 23.4. The molecule has 0 saturated heterocycles. The smallest absolute Gasteiger partial charge is 0.154 e. The predicted octanol–water partition coefficient (Wildman–Crippen LogP) is 4.32. The summed E-state index contributed by atoms with van der Waals surface area (Å²) in [5.41, 5.74) is 4.47. The maximum absolute atomic E-state index is 9.45. The van der Waals surface area contributed by atoms with Crippen molar-refractivity contribution in [2.24, 2.45) is 0 Å². The van der Waals surface area contributed by atoms with Crippen molar-refractivity contribution < 1.29 is 14.9 Å². The molecule has 0 aliphatic carbocycles. The van der Waals surface area contributed by atoms with Crippen LogP contribution in [0.15, 0.2) is 54.7 Å². The topological polar surface area (TPSA) is 93.3 Å². The van der Waals surface area contributed by atoms with Gasteiger partial charge < -0.3 is 14.9 Å². The molecular formula is C25H30N4O3. The van der Waals surface area contributed by atoms with Gasteiger partial charge in [-0.25, -0.2) is 9.67 Å². The summed E-state index contributed by atoms with van der Waals surface area (Å²) in [5.74, 6) is 1.43. The number of unbranched alkanes of at least 4 members (excludes halogenated alkanes) is 1. The van der Waals surface area contributed by atoms with Gasteiger partial charge in [-0.15, -0.1) is 0 Å². The number of benzene rings is 1. The summed E-state index contributed by atoms with van der Waals surface area (Å²) in [7, 11) is 1.00. The molecule has 0 atom stereocenters. The number of fused-ring (bicyclic) bond motifs is 1. The minimum Gasteiger partial charge on any atom is -0.493 e. The van der Waals surface area contributed by atoms with Gasteiger partial charge in [0.2, 0.25) is 0 Å². The number of aliphatic hydroxyl groups excluding tert-OH is 2. The van der Waals surface area contributed by atoms with E-state index in [-0.39, 0.29) is 6.61 Å². The highest BCUT2D eigenvalue weighted by Gasteiger charge is 2.14. The van der Waals surface area contributed by atoms with E-state index in [0.717, 1.165) is 60.0 Å². The van der Waals surface area contributed by atoms with E-state index in [1.807, 2.05) is 31.2 Å². The van der Waals surface area contributed by atoms with Gasteiger partial charge >= 0.3 is 0 Å². The van der Waals surface area contributed by atoms with Crippen LogP contribution in [0.1, 0.15) is 38.1 Å². The average molecular weight is 435 g/mol. The standard InChI is InChI=1S/C24H26N4O2.CH4O/c1-3-5-8-18-9-6-11-21(26-18)17-13-22-20(23(14-17)30-4-2)15-25-28(22)24-12-7-10-19(16-29)27-24;1-2/h6-7,9-15,29H,3-5,8,16H2,1-2H3;2H,1H3. The lowest BCUT2D eigenvalue weighted by Crippen LogP contribution is -2.02. The highest BCUT2D eigenvalue weighted by Crippen LogP contribution is 2.33. The van der Waals surface area contributed by atoms with Crippen LogP contribution in [0.3, 0.4) is 0 Å². The first-order chi connectivity index (χ1) is 15.7. The summed E-state index contributed by atoms with van der Waals surface area (Å²) in [5, 5.41) is 21.9. The minimum atomic E-state index is -0.114. The van der Waals surface area contributed by atoms with E-state index >= 15 is 0 Å². The van der Waals surface area contributed by atoms with E-state index in [9.17, 15) is 5.11 Å². The third kappa shape index (κ3) is 5.12. The Bertz CT molecular complexity index is 1160. The zero-order valence-corrected chi connectivity index (χ0v) is 18.8. The number of pyridine rings is 2. The number of aryl methyl sites for hydroxylation is 1. The number of hydrogen-bond donors (Lipinski definition) is 2. The largest absolute Gasteiger partial charge is 0.493 e. The highest BCUT2D eigenvalue weighted by atomic mass is 16.5. The van der Waals surface area contributed by atoms with E-state index in [0.29, 0.717) is 18.1 Å². The number of rotatable bonds is 8. The van der Waals surface area contributed by atoms with Crippen molar-refractivity contribution in [1.29, 1.82) is 0 Å². The lowest BCUT2D eigenvalue weighted by atomic mass is 10.1. The Morgan fingerprint density at radius 2 is 1.75 bits per heavy atom. The molecule has 0 saturated carbocycles. The SMILES string of the molecule is CCCCc1cccc(-c2cc(OCC)c3cnn(-c4cccc(CO)n4)c3c2)n1.CO. The van der Waals surface area contributed by atoms with Crippen molar-refractivity contribution >= 4 is 10.9 Å². The van der Waals surface area contributed by atoms with E-state index < -0.39 is 0 Å². The molecule has 4 aromatic rings. The van der Waals surface area contributed by atoms with Gasteiger partial charge in [0.25, 0.3) is 0 Å². The molecule has 0 amide bonds. The molecule has 2 N–H and O–H groups in total. The van der Waals surface area contributed by atoms with Gasteiger partial charge in [-0.1, -0.05) is 25.5 Å². The maximum atomic E-state index is 9.45. The minimum absolute atomic E-state index is 0.114. The zero-order valence-electron chi connectivity index (χ0n) is 18.8. The van der Waals surface area contributed by atoms with Crippen LogP contribution in [0.25, 0.3) is 28.0 Å². The third-order valence-electron chi connectivity index (χ3n) is 5.01. The third-order valence-corrected chi connectivity index (χ3v) is 5.01. The van der Waals surface area contributed by atoms with Crippen molar-refractivity contribution in [3.05, 3.63) is 66.1 Å². The monoisotopic (exact) mass is 434 g/mol. The molecule has 7 nitrogen and oxygen atoms in total. The molecule has 3 heterocycles. The van der Waals surface area contributed by atoms with Crippen LogP contribution in [-0.2, 0) is 13.0 Å². The first-order valence-electron chi connectivity index (χ1n) is 10.9. The summed E-state index contributed by atoms with van der Waals surface area (Å²) >= 11 is 0. The lowest BCUT2D eigenvalue weighted by molar-refractivity contribution is 0.276. The van der Waals surface area contributed by atoms with Crippen molar-refractivity contribution in [3.8, 4) is 22.8 Å². The molecule has 0 bridgehead atoms. The second kappa shape index (κ2) is 11.4. The van der Waals surface area contributed by atoms with Gasteiger partial charge in [-0.3, -0.25) is 4.98 Å². The molecule has 0 spiro atoms. The van der Waals surface area contributed by atoms with Crippen LogP contribution < -0.4 is 4.74 Å². The predicted molar refractivity (Wildman–Crippen MR) is 126 cm³/mol. The van der Waals surface area contributed by atoms with Gasteiger partial charge in [-0.2, -0.15) is 5.10 Å². The Balaban J connectivity index is 0.00000141. The summed E-state index contributed by atoms with van der Waals surface area (Å²) in [6, 6.07) is 15.8. The molecule has 32 heavy (non-hydrogen) atoms. The Morgan fingerprint density at radius 3 is 2.50 bits per heavy atom. The van der Waals surface area contributed by atoms with Crippen LogP contribution in [0, 0.1) is 0 Å². The molecule has 0 radical (unpaired) electrons. The van der Waals surface area contributed by atoms with Gasteiger partial charge in [0.1, 0.15) is 5.75 Å². The zero-order chi connectivity index (χ0) is 22.9. The van der Waals surface area contributed by atoms with Gasteiger partial charge in [-0.05, 0) is 56.2 Å². The van der Waals surface area contributed by atoms with Crippen molar-refractivity contribution in [3.63, 3.8) is 0 Å². The number of hydrogen-bond acceptors (Lipinski definition) is 6. The van der Waals surface area contributed by atoms with Crippen molar-refractivity contribution in [1.82, 2.24) is 19.7 Å². The van der Waals surface area contributed by atoms with Gasteiger partial charge in [0.15, 0.2) is 5.82 Å². The van der Waals surface area contributed by atoms with E-state index in [1.165, 1.54) is 0 Å². The number of nitrogens with zero attached hydrogens (tertiary/aromatic N) is 4. The molecule has 4 rings (SSSR count). The molecule has 3 aromatic heterocycles.